The molecule has 3 fully saturated rings. The lowest BCUT2D eigenvalue weighted by Crippen LogP contribution is -2.58. The lowest BCUT2D eigenvalue weighted by Gasteiger charge is -2.48. The van der Waals surface area contributed by atoms with Gasteiger partial charge in [0.1, 0.15) is 11.6 Å². The zero-order valence-electron chi connectivity index (χ0n) is 27.7. The van der Waals surface area contributed by atoms with Crippen molar-refractivity contribution in [2.75, 3.05) is 54.2 Å². The standard InChI is InChI=1S/C34H42F3N7O4S/c1-4-32(45)43-15-7-5-6-8-28(43)25-9-10-29(44-20-23(22(44)2)21-49(46,47)34(35,36)37)27-19-39-31(18-26(25)27)40-30-11-14-38-33(41-30)42-16-12-24(48-3)13-17-42/h4,9-11,14,18-19,22-24,28H,1,5-8,12-13,15-17,20-21H2,2-3H3,(H,38,39,40,41)/t22-,23-,28-/m1/s1. The van der Waals surface area contributed by atoms with E-state index in [1.807, 2.05) is 28.0 Å². The summed E-state index contributed by atoms with van der Waals surface area (Å²) in [5, 5.41) is 4.91. The second kappa shape index (κ2) is 14.1. The number of amides is 1. The van der Waals surface area contributed by atoms with Gasteiger partial charge < -0.3 is 24.8 Å². The molecule has 3 aromatic rings. The second-order valence-corrected chi connectivity index (χ2v) is 15.1. The van der Waals surface area contributed by atoms with Crippen LogP contribution >= 0.6 is 0 Å². The van der Waals surface area contributed by atoms with Crippen LogP contribution < -0.4 is 15.1 Å². The number of hydrogen-bond donors (Lipinski definition) is 1. The van der Waals surface area contributed by atoms with Crippen LogP contribution in [0.15, 0.2) is 49.3 Å². The summed E-state index contributed by atoms with van der Waals surface area (Å²) in [4.78, 5) is 32.9. The summed E-state index contributed by atoms with van der Waals surface area (Å²) in [7, 11) is -3.52. The average Bonchev–Trinajstić information content (AvgIpc) is 3.35. The predicted molar refractivity (Wildman–Crippen MR) is 183 cm³/mol. The molecular weight excluding hydrogens is 659 g/mol. The van der Waals surface area contributed by atoms with Gasteiger partial charge in [0.25, 0.3) is 0 Å². The summed E-state index contributed by atoms with van der Waals surface area (Å²) in [5.41, 5.74) is -3.62. The van der Waals surface area contributed by atoms with E-state index >= 15 is 0 Å². The van der Waals surface area contributed by atoms with Crippen molar-refractivity contribution in [3.8, 4) is 0 Å². The van der Waals surface area contributed by atoms with Gasteiger partial charge in [-0.25, -0.2) is 18.4 Å². The van der Waals surface area contributed by atoms with Crippen LogP contribution in [0.2, 0.25) is 0 Å². The van der Waals surface area contributed by atoms with Gasteiger partial charge in [-0.15, -0.1) is 0 Å². The van der Waals surface area contributed by atoms with Gasteiger partial charge in [0.15, 0.2) is 0 Å². The molecule has 5 heterocycles. The van der Waals surface area contributed by atoms with E-state index in [0.717, 1.165) is 73.6 Å². The number of methoxy groups -OCH3 is 1. The Morgan fingerprint density at radius 3 is 2.53 bits per heavy atom. The fraction of sp³-hybridized carbons (Fsp3) is 0.529. The molecular formula is C34H42F3N7O4S. The number of halogens is 3. The number of hydrogen-bond acceptors (Lipinski definition) is 10. The third-order valence-electron chi connectivity index (χ3n) is 10.1. The third kappa shape index (κ3) is 7.18. The van der Waals surface area contributed by atoms with Crippen molar-refractivity contribution in [2.45, 2.75) is 69.1 Å². The molecule has 0 radical (unpaired) electrons. The number of pyridine rings is 1. The highest BCUT2D eigenvalue weighted by atomic mass is 32.2. The fourth-order valence-electron chi connectivity index (χ4n) is 7.24. The Morgan fingerprint density at radius 2 is 1.84 bits per heavy atom. The summed E-state index contributed by atoms with van der Waals surface area (Å²) in [6, 6.07) is 6.88. The van der Waals surface area contributed by atoms with E-state index in [9.17, 15) is 26.4 Å². The van der Waals surface area contributed by atoms with Gasteiger partial charge in [0.05, 0.1) is 17.9 Å². The minimum absolute atomic E-state index is 0.148. The number of aromatic nitrogens is 3. The number of nitrogens with one attached hydrogen (secondary N) is 1. The number of anilines is 4. The van der Waals surface area contributed by atoms with Crippen LogP contribution in [0.5, 0.6) is 0 Å². The smallest absolute Gasteiger partial charge is 0.381 e. The monoisotopic (exact) mass is 701 g/mol. The first-order valence-corrected chi connectivity index (χ1v) is 18.3. The van der Waals surface area contributed by atoms with Gasteiger partial charge in [0.2, 0.25) is 21.7 Å². The summed E-state index contributed by atoms with van der Waals surface area (Å²) < 4.78 is 68.8. The number of likely N-dealkylation sites (tertiary alicyclic amines) is 1. The molecule has 0 spiro atoms. The van der Waals surface area contributed by atoms with Gasteiger partial charge in [-0.05, 0) is 67.8 Å². The molecule has 2 aromatic heterocycles. The fourth-order valence-corrected chi connectivity index (χ4v) is 8.37. The number of benzene rings is 1. The van der Waals surface area contributed by atoms with E-state index in [1.165, 1.54) is 6.08 Å². The number of rotatable bonds is 9. The molecule has 0 saturated carbocycles. The minimum atomic E-state index is -5.28. The van der Waals surface area contributed by atoms with Crippen LogP contribution in [0.4, 0.5) is 36.4 Å². The number of nitrogens with zero attached hydrogens (tertiary/aromatic N) is 6. The average molecular weight is 702 g/mol. The van der Waals surface area contributed by atoms with Crippen molar-refractivity contribution in [1.29, 1.82) is 0 Å². The molecule has 264 valence electrons. The highest BCUT2D eigenvalue weighted by Crippen LogP contribution is 2.43. The van der Waals surface area contributed by atoms with E-state index in [2.05, 4.69) is 21.8 Å². The lowest BCUT2D eigenvalue weighted by molar-refractivity contribution is -0.128. The Morgan fingerprint density at radius 1 is 1.06 bits per heavy atom. The number of ether oxygens (including phenoxy) is 1. The summed E-state index contributed by atoms with van der Waals surface area (Å²) in [6.07, 6.45) is 10.3. The maximum atomic E-state index is 13.1. The van der Waals surface area contributed by atoms with Crippen LogP contribution in [0.25, 0.3) is 10.8 Å². The van der Waals surface area contributed by atoms with Gasteiger partial charge in [0, 0.05) is 68.7 Å². The van der Waals surface area contributed by atoms with Gasteiger partial charge >= 0.3 is 5.51 Å². The number of piperidine rings is 1. The molecule has 1 N–H and O–H groups in total. The van der Waals surface area contributed by atoms with E-state index < -0.39 is 33.1 Å². The normalized spacial score (nSPS) is 22.5. The van der Waals surface area contributed by atoms with E-state index in [4.69, 9.17) is 14.7 Å². The van der Waals surface area contributed by atoms with Crippen LogP contribution in [0.3, 0.4) is 0 Å². The first kappa shape index (κ1) is 34.9. The maximum Gasteiger partial charge on any atom is 0.497 e. The van der Waals surface area contributed by atoms with Crippen molar-refractivity contribution in [3.63, 3.8) is 0 Å². The molecule has 6 rings (SSSR count). The van der Waals surface area contributed by atoms with Crippen LogP contribution in [0, 0.1) is 5.92 Å². The minimum Gasteiger partial charge on any atom is -0.381 e. The highest BCUT2D eigenvalue weighted by molar-refractivity contribution is 7.92. The Bertz CT molecular complexity index is 1800. The molecule has 0 unspecified atom stereocenters. The van der Waals surface area contributed by atoms with Crippen molar-refractivity contribution in [3.05, 3.63) is 54.9 Å². The van der Waals surface area contributed by atoms with E-state index in [-0.39, 0.29) is 24.6 Å². The van der Waals surface area contributed by atoms with Crippen molar-refractivity contribution in [1.82, 2.24) is 19.9 Å². The molecule has 0 aliphatic carbocycles. The molecule has 3 aliphatic rings. The predicted octanol–water partition coefficient (Wildman–Crippen LogP) is 5.77. The number of alkyl halides is 3. The van der Waals surface area contributed by atoms with E-state index in [0.29, 0.717) is 24.1 Å². The zero-order chi connectivity index (χ0) is 34.9. The quantitative estimate of drug-likeness (QED) is 0.275. The number of sulfone groups is 1. The molecule has 3 saturated heterocycles. The topological polar surface area (TPSA) is 121 Å². The molecule has 0 bridgehead atoms. The molecule has 11 nitrogen and oxygen atoms in total. The summed E-state index contributed by atoms with van der Waals surface area (Å²) in [5.74, 6) is -0.0901. The van der Waals surface area contributed by atoms with E-state index in [1.54, 1.807) is 32.5 Å². The molecule has 3 aliphatic heterocycles. The SMILES string of the molecule is C=CC(=O)N1CCCCC[C@@H]1c1ccc(N2C[C@H](CS(=O)(=O)C(F)(F)F)[C@H]2C)c2cnc(Nc3ccnc(N4CCC(OC)CC4)n3)cc12. The van der Waals surface area contributed by atoms with Crippen molar-refractivity contribution < 1.29 is 31.1 Å². The number of carbonyl (C=O) groups excluding carboxylic acids is 1. The van der Waals surface area contributed by atoms with Gasteiger partial charge in [-0.2, -0.15) is 18.2 Å². The molecule has 49 heavy (non-hydrogen) atoms. The first-order chi connectivity index (χ1) is 23.4. The first-order valence-electron chi connectivity index (χ1n) is 16.7. The lowest BCUT2D eigenvalue weighted by atomic mass is 9.88. The largest absolute Gasteiger partial charge is 0.497 e. The molecule has 3 atom stereocenters. The summed E-state index contributed by atoms with van der Waals surface area (Å²) >= 11 is 0. The molecule has 1 aromatic carbocycles. The maximum absolute atomic E-state index is 13.1. The highest BCUT2D eigenvalue weighted by Gasteiger charge is 2.50. The Kier molecular flexibility index (Phi) is 10.0. The van der Waals surface area contributed by atoms with Gasteiger partial charge in [-0.3, -0.25) is 4.79 Å². The van der Waals surface area contributed by atoms with Gasteiger partial charge in [-0.1, -0.05) is 25.5 Å². The Balaban J connectivity index is 1.34. The van der Waals surface area contributed by atoms with Crippen LogP contribution in [0.1, 0.15) is 57.1 Å². The molecule has 15 heteroatoms. The van der Waals surface area contributed by atoms with Crippen LogP contribution in [-0.2, 0) is 19.4 Å². The number of fused-ring (bicyclic) bond motifs is 1. The Labute approximate surface area is 284 Å². The third-order valence-corrected chi connectivity index (χ3v) is 11.7. The summed E-state index contributed by atoms with van der Waals surface area (Å²) in [6.45, 7) is 7.77. The van der Waals surface area contributed by atoms with Crippen molar-refractivity contribution >= 4 is 49.8 Å². The second-order valence-electron chi connectivity index (χ2n) is 13.1. The number of carbonyl (C=O) groups is 1. The Hall–Kier alpha value is -3.98. The van der Waals surface area contributed by atoms with Crippen LogP contribution in [-0.4, -0.2) is 90.9 Å². The zero-order valence-corrected chi connectivity index (χ0v) is 28.5. The molecule has 1 amide bonds. The van der Waals surface area contributed by atoms with Crippen molar-refractivity contribution in [2.24, 2.45) is 5.92 Å².